The number of amides is 1. The highest BCUT2D eigenvalue weighted by atomic mass is 16.1. The van der Waals surface area contributed by atoms with E-state index in [1.54, 1.807) is 4.90 Å². The standard InChI is InChI=1S/C10H10N4O/c15-6-14-3-1-2-7-4-11-9-8(7)10(14)13-5-12-9/h4-6H,1-3H2,(H,11,12,13). The first-order valence-electron chi connectivity index (χ1n) is 4.93. The zero-order chi connectivity index (χ0) is 10.3. The van der Waals surface area contributed by atoms with Gasteiger partial charge in [-0.3, -0.25) is 9.69 Å². The lowest BCUT2D eigenvalue weighted by molar-refractivity contribution is -0.107. The van der Waals surface area contributed by atoms with E-state index in [1.165, 1.54) is 11.9 Å². The largest absolute Gasteiger partial charge is 0.346 e. The van der Waals surface area contributed by atoms with Gasteiger partial charge >= 0.3 is 0 Å². The van der Waals surface area contributed by atoms with E-state index in [1.807, 2.05) is 6.20 Å². The van der Waals surface area contributed by atoms with Crippen LogP contribution in [0.3, 0.4) is 0 Å². The van der Waals surface area contributed by atoms with Gasteiger partial charge in [0.1, 0.15) is 17.8 Å². The number of hydrogen-bond acceptors (Lipinski definition) is 3. The molecule has 1 aliphatic rings. The molecule has 0 aliphatic carbocycles. The van der Waals surface area contributed by atoms with Gasteiger partial charge < -0.3 is 4.98 Å². The lowest BCUT2D eigenvalue weighted by atomic mass is 10.1. The van der Waals surface area contributed by atoms with E-state index in [0.29, 0.717) is 0 Å². The molecule has 0 atom stereocenters. The van der Waals surface area contributed by atoms with Crippen LogP contribution in [-0.4, -0.2) is 27.9 Å². The maximum atomic E-state index is 10.9. The number of anilines is 1. The number of nitrogens with zero attached hydrogens (tertiary/aromatic N) is 3. The summed E-state index contributed by atoms with van der Waals surface area (Å²) < 4.78 is 0. The molecule has 15 heavy (non-hydrogen) atoms. The second-order valence-electron chi connectivity index (χ2n) is 3.64. The summed E-state index contributed by atoms with van der Waals surface area (Å²) in [5.74, 6) is 0.726. The van der Waals surface area contributed by atoms with Crippen LogP contribution in [0.4, 0.5) is 5.82 Å². The van der Waals surface area contributed by atoms with Gasteiger partial charge in [0.15, 0.2) is 0 Å². The monoisotopic (exact) mass is 202 g/mol. The second kappa shape index (κ2) is 3.05. The van der Waals surface area contributed by atoms with Crippen molar-refractivity contribution in [3.63, 3.8) is 0 Å². The van der Waals surface area contributed by atoms with Gasteiger partial charge in [0.2, 0.25) is 6.41 Å². The van der Waals surface area contributed by atoms with Crippen LogP contribution in [0.15, 0.2) is 12.5 Å². The molecule has 1 aliphatic heterocycles. The molecule has 0 unspecified atom stereocenters. The number of aromatic nitrogens is 3. The highest BCUT2D eigenvalue weighted by molar-refractivity contribution is 5.95. The van der Waals surface area contributed by atoms with E-state index < -0.39 is 0 Å². The van der Waals surface area contributed by atoms with E-state index in [4.69, 9.17) is 0 Å². The van der Waals surface area contributed by atoms with Crippen LogP contribution in [0, 0.1) is 0 Å². The Hall–Kier alpha value is -1.91. The van der Waals surface area contributed by atoms with Crippen LogP contribution in [0.2, 0.25) is 0 Å². The molecule has 1 N–H and O–H groups in total. The van der Waals surface area contributed by atoms with Crippen molar-refractivity contribution in [2.24, 2.45) is 0 Å². The van der Waals surface area contributed by atoms with Gasteiger partial charge in [-0.1, -0.05) is 0 Å². The van der Waals surface area contributed by atoms with Gasteiger partial charge in [0.05, 0.1) is 5.39 Å². The van der Waals surface area contributed by atoms with Crippen molar-refractivity contribution in [3.05, 3.63) is 18.1 Å². The van der Waals surface area contributed by atoms with Crippen LogP contribution >= 0.6 is 0 Å². The maximum absolute atomic E-state index is 10.9. The predicted octanol–water partition coefficient (Wildman–Crippen LogP) is 0.867. The maximum Gasteiger partial charge on any atom is 0.215 e. The third-order valence-electron chi connectivity index (χ3n) is 2.78. The fourth-order valence-electron chi connectivity index (χ4n) is 2.07. The topological polar surface area (TPSA) is 61.9 Å². The summed E-state index contributed by atoms with van der Waals surface area (Å²) in [6, 6.07) is 0. The Bertz CT molecular complexity index is 519. The van der Waals surface area contributed by atoms with Crippen LogP contribution in [-0.2, 0) is 11.2 Å². The Morgan fingerprint density at radius 2 is 2.40 bits per heavy atom. The summed E-state index contributed by atoms with van der Waals surface area (Å²) in [7, 11) is 0. The quantitative estimate of drug-likeness (QED) is 0.698. The first-order valence-corrected chi connectivity index (χ1v) is 4.93. The highest BCUT2D eigenvalue weighted by Crippen LogP contribution is 2.29. The highest BCUT2D eigenvalue weighted by Gasteiger charge is 2.19. The van der Waals surface area contributed by atoms with Crippen LogP contribution < -0.4 is 4.90 Å². The summed E-state index contributed by atoms with van der Waals surface area (Å²) in [5, 5.41) is 0.988. The molecule has 0 spiro atoms. The summed E-state index contributed by atoms with van der Waals surface area (Å²) >= 11 is 0. The molecule has 3 heterocycles. The fraction of sp³-hybridized carbons (Fsp3) is 0.300. The minimum atomic E-state index is 0.726. The van der Waals surface area contributed by atoms with Crippen molar-refractivity contribution in [2.75, 3.05) is 11.4 Å². The van der Waals surface area contributed by atoms with Gasteiger partial charge in [-0.15, -0.1) is 0 Å². The van der Waals surface area contributed by atoms with E-state index in [-0.39, 0.29) is 0 Å². The molecule has 76 valence electrons. The Balaban J connectivity index is 2.35. The average Bonchev–Trinajstić information content (AvgIpc) is 2.58. The number of aromatic amines is 1. The van der Waals surface area contributed by atoms with E-state index in [0.717, 1.165) is 42.6 Å². The Morgan fingerprint density at radius 3 is 3.27 bits per heavy atom. The Kier molecular flexibility index (Phi) is 1.71. The Labute approximate surface area is 86.1 Å². The molecule has 0 saturated carbocycles. The lowest BCUT2D eigenvalue weighted by Gasteiger charge is -2.13. The zero-order valence-electron chi connectivity index (χ0n) is 8.10. The van der Waals surface area contributed by atoms with Crippen LogP contribution in [0.5, 0.6) is 0 Å². The summed E-state index contributed by atoms with van der Waals surface area (Å²) in [5.41, 5.74) is 2.01. The molecule has 2 aromatic rings. The van der Waals surface area contributed by atoms with Gasteiger partial charge in [0.25, 0.3) is 0 Å². The lowest BCUT2D eigenvalue weighted by Crippen LogP contribution is -2.22. The summed E-state index contributed by atoms with van der Waals surface area (Å²) in [4.78, 5) is 24.0. The van der Waals surface area contributed by atoms with Crippen LogP contribution in [0.1, 0.15) is 12.0 Å². The van der Waals surface area contributed by atoms with Gasteiger partial charge in [0, 0.05) is 12.7 Å². The SMILES string of the molecule is O=CN1CCCc2c[nH]c3ncnc1c23. The zero-order valence-corrected chi connectivity index (χ0v) is 8.10. The normalized spacial score (nSPS) is 15.3. The molecular formula is C10H10N4O. The number of rotatable bonds is 1. The smallest absolute Gasteiger partial charge is 0.215 e. The molecular weight excluding hydrogens is 192 g/mol. The van der Waals surface area contributed by atoms with E-state index in [2.05, 4.69) is 15.0 Å². The number of hydrogen-bond donors (Lipinski definition) is 1. The fourth-order valence-corrected chi connectivity index (χ4v) is 2.07. The average molecular weight is 202 g/mol. The predicted molar refractivity (Wildman–Crippen MR) is 55.6 cm³/mol. The van der Waals surface area contributed by atoms with Crippen molar-refractivity contribution in [3.8, 4) is 0 Å². The van der Waals surface area contributed by atoms with Crippen molar-refractivity contribution in [1.29, 1.82) is 0 Å². The minimum absolute atomic E-state index is 0.726. The van der Waals surface area contributed by atoms with Crippen molar-refractivity contribution < 1.29 is 4.79 Å². The molecule has 0 saturated heterocycles. The number of carbonyl (C=O) groups excluding carboxylic acids is 1. The summed E-state index contributed by atoms with van der Waals surface area (Å²) in [6.07, 6.45) is 6.20. The van der Waals surface area contributed by atoms with Gasteiger partial charge in [-0.05, 0) is 18.4 Å². The number of H-pyrrole nitrogens is 1. The third kappa shape index (κ3) is 1.12. The molecule has 2 aromatic heterocycles. The third-order valence-corrected chi connectivity index (χ3v) is 2.78. The molecule has 5 nitrogen and oxygen atoms in total. The van der Waals surface area contributed by atoms with Gasteiger partial charge in [-0.25, -0.2) is 9.97 Å². The van der Waals surface area contributed by atoms with Crippen molar-refractivity contribution in [1.82, 2.24) is 15.0 Å². The number of nitrogens with one attached hydrogen (secondary N) is 1. The second-order valence-corrected chi connectivity index (χ2v) is 3.64. The molecule has 5 heteroatoms. The number of carbonyl (C=O) groups is 1. The molecule has 1 amide bonds. The van der Waals surface area contributed by atoms with E-state index in [9.17, 15) is 4.79 Å². The minimum Gasteiger partial charge on any atom is -0.346 e. The Morgan fingerprint density at radius 1 is 1.47 bits per heavy atom. The molecule has 3 rings (SSSR count). The summed E-state index contributed by atoms with van der Waals surface area (Å²) in [6.45, 7) is 0.726. The first kappa shape index (κ1) is 8.40. The first-order chi connectivity index (χ1) is 7.40. The molecule has 0 radical (unpaired) electrons. The van der Waals surface area contributed by atoms with E-state index >= 15 is 0 Å². The van der Waals surface area contributed by atoms with Crippen molar-refractivity contribution in [2.45, 2.75) is 12.8 Å². The molecule has 0 aromatic carbocycles. The van der Waals surface area contributed by atoms with Crippen molar-refractivity contribution >= 4 is 23.3 Å². The number of aryl methyl sites for hydroxylation is 1. The van der Waals surface area contributed by atoms with Gasteiger partial charge in [-0.2, -0.15) is 0 Å². The van der Waals surface area contributed by atoms with Crippen LogP contribution in [0.25, 0.3) is 11.0 Å². The molecule has 0 fully saturated rings. The molecule has 0 bridgehead atoms.